The van der Waals surface area contributed by atoms with Gasteiger partial charge in [-0.3, -0.25) is 10.1 Å². The van der Waals surface area contributed by atoms with Crippen molar-refractivity contribution >= 4 is 16.7 Å². The summed E-state index contributed by atoms with van der Waals surface area (Å²) >= 11 is 0. The van der Waals surface area contributed by atoms with Gasteiger partial charge in [-0.05, 0) is 35.2 Å². The molecule has 2 atom stereocenters. The van der Waals surface area contributed by atoms with Crippen molar-refractivity contribution < 1.29 is 9.90 Å². The molecule has 2 N–H and O–H groups in total. The Morgan fingerprint density at radius 3 is 2.30 bits per heavy atom. The molecule has 0 aromatic heterocycles. The van der Waals surface area contributed by atoms with E-state index in [2.05, 4.69) is 35.6 Å². The fraction of sp³-hybridized carbons (Fsp3) is 0.353. The number of benzene rings is 2. The van der Waals surface area contributed by atoms with Gasteiger partial charge in [-0.25, -0.2) is 0 Å². The molecule has 0 bridgehead atoms. The third kappa shape index (κ3) is 3.17. The van der Waals surface area contributed by atoms with Crippen LogP contribution in [0.15, 0.2) is 42.5 Å². The zero-order valence-corrected chi connectivity index (χ0v) is 12.1. The Kier molecular flexibility index (Phi) is 4.40. The lowest BCUT2D eigenvalue weighted by Gasteiger charge is -2.23. The molecule has 2 aromatic rings. The van der Waals surface area contributed by atoms with Gasteiger partial charge in [0.2, 0.25) is 0 Å². The molecule has 0 saturated heterocycles. The van der Waals surface area contributed by atoms with Crippen LogP contribution in [-0.2, 0) is 4.79 Å². The highest BCUT2D eigenvalue weighted by Crippen LogP contribution is 2.21. The molecule has 0 spiro atoms. The minimum atomic E-state index is -0.798. The number of carboxylic acid groups (broad SMARTS) is 1. The molecule has 0 aliphatic rings. The normalized spacial score (nSPS) is 14.4. The number of hydrogen-bond acceptors (Lipinski definition) is 2. The summed E-state index contributed by atoms with van der Waals surface area (Å²) in [6.07, 6.45) is 0. The lowest BCUT2D eigenvalue weighted by atomic mass is 9.99. The van der Waals surface area contributed by atoms with E-state index in [0.717, 1.165) is 5.56 Å². The second kappa shape index (κ2) is 6.06. The van der Waals surface area contributed by atoms with Gasteiger partial charge in [0.15, 0.2) is 0 Å². The summed E-state index contributed by atoms with van der Waals surface area (Å²) in [5, 5.41) is 14.8. The SMILES string of the molecule is CC(NC(C(=O)O)C(C)C)c1ccc2ccccc2c1. The van der Waals surface area contributed by atoms with Crippen LogP contribution in [-0.4, -0.2) is 17.1 Å². The smallest absolute Gasteiger partial charge is 0.320 e. The quantitative estimate of drug-likeness (QED) is 0.873. The van der Waals surface area contributed by atoms with Crippen molar-refractivity contribution in [2.45, 2.75) is 32.9 Å². The Balaban J connectivity index is 2.22. The molecular weight excluding hydrogens is 250 g/mol. The highest BCUT2D eigenvalue weighted by molar-refractivity contribution is 5.83. The van der Waals surface area contributed by atoms with Gasteiger partial charge in [0.1, 0.15) is 6.04 Å². The molecule has 0 aliphatic carbocycles. The van der Waals surface area contributed by atoms with E-state index in [-0.39, 0.29) is 12.0 Å². The molecule has 0 saturated carbocycles. The molecule has 2 unspecified atom stereocenters. The van der Waals surface area contributed by atoms with Crippen LogP contribution in [0.1, 0.15) is 32.4 Å². The van der Waals surface area contributed by atoms with Gasteiger partial charge in [0.25, 0.3) is 0 Å². The molecule has 0 fully saturated rings. The Labute approximate surface area is 119 Å². The van der Waals surface area contributed by atoms with E-state index < -0.39 is 12.0 Å². The summed E-state index contributed by atoms with van der Waals surface area (Å²) in [5.74, 6) is -0.747. The van der Waals surface area contributed by atoms with Crippen LogP contribution in [0.5, 0.6) is 0 Å². The third-order valence-corrected chi connectivity index (χ3v) is 3.64. The molecule has 0 radical (unpaired) electrons. The summed E-state index contributed by atoms with van der Waals surface area (Å²) in [4.78, 5) is 11.3. The number of fused-ring (bicyclic) bond motifs is 1. The fourth-order valence-corrected chi connectivity index (χ4v) is 2.39. The Bertz CT molecular complexity index is 607. The fourth-order valence-electron chi connectivity index (χ4n) is 2.39. The van der Waals surface area contributed by atoms with Gasteiger partial charge < -0.3 is 5.11 Å². The van der Waals surface area contributed by atoms with Crippen LogP contribution in [0.3, 0.4) is 0 Å². The van der Waals surface area contributed by atoms with Crippen molar-refractivity contribution in [1.82, 2.24) is 5.32 Å². The average molecular weight is 271 g/mol. The summed E-state index contributed by atoms with van der Waals surface area (Å²) < 4.78 is 0. The molecule has 20 heavy (non-hydrogen) atoms. The van der Waals surface area contributed by atoms with E-state index in [9.17, 15) is 9.90 Å². The van der Waals surface area contributed by atoms with E-state index in [4.69, 9.17) is 0 Å². The first-order chi connectivity index (χ1) is 9.49. The summed E-state index contributed by atoms with van der Waals surface area (Å²) in [7, 11) is 0. The number of rotatable bonds is 5. The number of hydrogen-bond donors (Lipinski definition) is 2. The van der Waals surface area contributed by atoms with Crippen molar-refractivity contribution in [3.63, 3.8) is 0 Å². The highest BCUT2D eigenvalue weighted by atomic mass is 16.4. The van der Waals surface area contributed by atoms with Crippen molar-refractivity contribution in [2.24, 2.45) is 5.92 Å². The Morgan fingerprint density at radius 1 is 1.05 bits per heavy atom. The molecule has 3 heteroatoms. The molecule has 2 aromatic carbocycles. The van der Waals surface area contributed by atoms with E-state index in [1.807, 2.05) is 32.9 Å². The topological polar surface area (TPSA) is 49.3 Å². The van der Waals surface area contributed by atoms with E-state index in [1.54, 1.807) is 0 Å². The standard InChI is InChI=1S/C17H21NO2/c1-11(2)16(17(19)20)18-12(3)14-9-8-13-6-4-5-7-15(13)10-14/h4-12,16,18H,1-3H3,(H,19,20). The molecule has 2 rings (SSSR count). The van der Waals surface area contributed by atoms with Gasteiger partial charge in [-0.1, -0.05) is 50.2 Å². The van der Waals surface area contributed by atoms with Crippen LogP contribution < -0.4 is 5.32 Å². The van der Waals surface area contributed by atoms with Crippen molar-refractivity contribution in [3.8, 4) is 0 Å². The molecule has 0 amide bonds. The van der Waals surface area contributed by atoms with Crippen LogP contribution in [0.2, 0.25) is 0 Å². The lowest BCUT2D eigenvalue weighted by molar-refractivity contribution is -0.140. The minimum absolute atomic E-state index is 0.00288. The minimum Gasteiger partial charge on any atom is -0.480 e. The first-order valence-electron chi connectivity index (χ1n) is 6.96. The average Bonchev–Trinajstić information content (AvgIpc) is 2.43. The predicted molar refractivity (Wildman–Crippen MR) is 81.8 cm³/mol. The monoisotopic (exact) mass is 271 g/mol. The van der Waals surface area contributed by atoms with E-state index >= 15 is 0 Å². The lowest BCUT2D eigenvalue weighted by Crippen LogP contribution is -2.42. The zero-order chi connectivity index (χ0) is 14.7. The molecule has 0 heterocycles. The van der Waals surface area contributed by atoms with E-state index in [1.165, 1.54) is 10.8 Å². The Morgan fingerprint density at radius 2 is 1.70 bits per heavy atom. The number of carbonyl (C=O) groups is 1. The largest absolute Gasteiger partial charge is 0.480 e. The van der Waals surface area contributed by atoms with Crippen molar-refractivity contribution in [3.05, 3.63) is 48.0 Å². The Hall–Kier alpha value is -1.87. The first kappa shape index (κ1) is 14.5. The molecule has 0 aliphatic heterocycles. The van der Waals surface area contributed by atoms with Crippen LogP contribution in [0, 0.1) is 5.92 Å². The number of aliphatic carboxylic acids is 1. The van der Waals surface area contributed by atoms with E-state index in [0.29, 0.717) is 0 Å². The molecule has 3 nitrogen and oxygen atoms in total. The van der Waals surface area contributed by atoms with Gasteiger partial charge in [-0.2, -0.15) is 0 Å². The van der Waals surface area contributed by atoms with Gasteiger partial charge in [0.05, 0.1) is 0 Å². The predicted octanol–water partition coefficient (Wildman–Crippen LogP) is 3.60. The van der Waals surface area contributed by atoms with Crippen LogP contribution in [0.4, 0.5) is 0 Å². The zero-order valence-electron chi connectivity index (χ0n) is 12.1. The molecular formula is C17H21NO2. The maximum absolute atomic E-state index is 11.3. The highest BCUT2D eigenvalue weighted by Gasteiger charge is 2.23. The summed E-state index contributed by atoms with van der Waals surface area (Å²) in [6, 6.07) is 13.9. The maximum atomic E-state index is 11.3. The maximum Gasteiger partial charge on any atom is 0.320 e. The number of nitrogens with one attached hydrogen (secondary N) is 1. The second-order valence-corrected chi connectivity index (χ2v) is 5.55. The van der Waals surface area contributed by atoms with Crippen LogP contribution >= 0.6 is 0 Å². The van der Waals surface area contributed by atoms with Crippen LogP contribution in [0.25, 0.3) is 10.8 Å². The second-order valence-electron chi connectivity index (χ2n) is 5.55. The van der Waals surface area contributed by atoms with Gasteiger partial charge >= 0.3 is 5.97 Å². The van der Waals surface area contributed by atoms with Crippen molar-refractivity contribution in [2.75, 3.05) is 0 Å². The number of carboxylic acids is 1. The molecule has 106 valence electrons. The summed E-state index contributed by atoms with van der Waals surface area (Å²) in [5.41, 5.74) is 1.11. The van der Waals surface area contributed by atoms with Crippen molar-refractivity contribution in [1.29, 1.82) is 0 Å². The third-order valence-electron chi connectivity index (χ3n) is 3.64. The first-order valence-corrected chi connectivity index (χ1v) is 6.96. The van der Waals surface area contributed by atoms with Gasteiger partial charge in [-0.15, -0.1) is 0 Å². The summed E-state index contributed by atoms with van der Waals surface area (Å²) in [6.45, 7) is 5.83. The van der Waals surface area contributed by atoms with Gasteiger partial charge in [0, 0.05) is 6.04 Å².